The van der Waals surface area contributed by atoms with E-state index in [4.69, 9.17) is 9.84 Å². The Morgan fingerprint density at radius 1 is 1.50 bits per heavy atom. The van der Waals surface area contributed by atoms with Gasteiger partial charge in [-0.3, -0.25) is 9.48 Å². The molecule has 0 spiro atoms. The number of carboxylic acid groups (broad SMARTS) is 1. The Balaban J connectivity index is 2.65. The van der Waals surface area contributed by atoms with Crippen LogP contribution in [-0.2, 0) is 16.6 Å². The van der Waals surface area contributed by atoms with Gasteiger partial charge < -0.3 is 15.2 Å². The van der Waals surface area contributed by atoms with Crippen molar-refractivity contribution in [1.29, 1.82) is 0 Å². The number of nitrogens with zero attached hydrogens (tertiary/aromatic N) is 2. The summed E-state index contributed by atoms with van der Waals surface area (Å²) in [5.41, 5.74) is -0.280. The summed E-state index contributed by atoms with van der Waals surface area (Å²) < 4.78 is 6.31. The first-order chi connectivity index (χ1) is 8.20. The summed E-state index contributed by atoms with van der Waals surface area (Å²) in [4.78, 5) is 22.4. The highest BCUT2D eigenvalue weighted by Gasteiger charge is 2.19. The predicted molar refractivity (Wildman–Crippen MR) is 64.5 cm³/mol. The summed E-state index contributed by atoms with van der Waals surface area (Å²) in [7, 11) is 1.52. The van der Waals surface area contributed by atoms with Gasteiger partial charge in [-0.05, 0) is 20.8 Å². The standard InChI is InChI=1S/C11H17N3O4/c1-11(2,3)18-8(15)6-12-7-5-13-14(4)9(7)10(16)17/h5,12H,6H2,1-4H3,(H,16,17). The fourth-order valence-corrected chi connectivity index (χ4v) is 1.37. The van der Waals surface area contributed by atoms with Gasteiger partial charge in [0.2, 0.25) is 0 Å². The van der Waals surface area contributed by atoms with Crippen molar-refractivity contribution in [2.45, 2.75) is 26.4 Å². The monoisotopic (exact) mass is 255 g/mol. The lowest BCUT2D eigenvalue weighted by Crippen LogP contribution is -2.28. The van der Waals surface area contributed by atoms with Gasteiger partial charge in [0.1, 0.15) is 12.1 Å². The first kappa shape index (κ1) is 14.0. The molecule has 1 aromatic rings. The molecule has 1 heterocycles. The molecule has 2 N–H and O–H groups in total. The van der Waals surface area contributed by atoms with Crippen LogP contribution in [0.15, 0.2) is 6.20 Å². The maximum atomic E-state index is 11.5. The molecule has 7 heteroatoms. The minimum atomic E-state index is -1.11. The van der Waals surface area contributed by atoms with Crippen molar-refractivity contribution in [3.8, 4) is 0 Å². The van der Waals surface area contributed by atoms with E-state index in [0.29, 0.717) is 0 Å². The lowest BCUT2D eigenvalue weighted by molar-refractivity contribution is -0.152. The third-order valence-electron chi connectivity index (χ3n) is 1.98. The van der Waals surface area contributed by atoms with Crippen LogP contribution < -0.4 is 5.32 Å². The van der Waals surface area contributed by atoms with Crippen molar-refractivity contribution in [2.75, 3.05) is 11.9 Å². The number of esters is 1. The lowest BCUT2D eigenvalue weighted by Gasteiger charge is -2.19. The summed E-state index contributed by atoms with van der Waals surface area (Å²) in [6, 6.07) is 0. The van der Waals surface area contributed by atoms with Gasteiger partial charge in [-0.25, -0.2) is 4.79 Å². The molecule has 0 aliphatic rings. The number of hydrogen-bond donors (Lipinski definition) is 2. The fourth-order valence-electron chi connectivity index (χ4n) is 1.37. The van der Waals surface area contributed by atoms with Crippen LogP contribution in [0.2, 0.25) is 0 Å². The molecule has 0 aliphatic heterocycles. The van der Waals surface area contributed by atoms with E-state index in [-0.39, 0.29) is 17.9 Å². The first-order valence-corrected chi connectivity index (χ1v) is 5.41. The van der Waals surface area contributed by atoms with Crippen molar-refractivity contribution in [3.63, 3.8) is 0 Å². The molecular formula is C11H17N3O4. The minimum absolute atomic E-state index is 0.00133. The second kappa shape index (κ2) is 5.07. The van der Waals surface area contributed by atoms with Crippen LogP contribution in [0.4, 0.5) is 5.69 Å². The van der Waals surface area contributed by atoms with Crippen molar-refractivity contribution in [1.82, 2.24) is 9.78 Å². The Kier molecular flexibility index (Phi) is 3.95. The van der Waals surface area contributed by atoms with Crippen LogP contribution in [-0.4, -0.2) is 39.0 Å². The van der Waals surface area contributed by atoms with Gasteiger partial charge >= 0.3 is 11.9 Å². The number of hydrogen-bond acceptors (Lipinski definition) is 5. The van der Waals surface area contributed by atoms with E-state index in [1.165, 1.54) is 17.9 Å². The van der Waals surface area contributed by atoms with Crippen LogP contribution in [0.25, 0.3) is 0 Å². The van der Waals surface area contributed by atoms with Crippen LogP contribution in [0.3, 0.4) is 0 Å². The second-order valence-electron chi connectivity index (χ2n) is 4.78. The molecule has 0 fully saturated rings. The van der Waals surface area contributed by atoms with Gasteiger partial charge in [0.15, 0.2) is 5.69 Å². The SMILES string of the molecule is Cn1ncc(NCC(=O)OC(C)(C)C)c1C(=O)O. The number of carbonyl (C=O) groups is 2. The number of aromatic nitrogens is 2. The minimum Gasteiger partial charge on any atom is -0.476 e. The number of anilines is 1. The van der Waals surface area contributed by atoms with Crippen LogP contribution >= 0.6 is 0 Å². The summed E-state index contributed by atoms with van der Waals surface area (Å²) in [6.45, 7) is 5.18. The van der Waals surface area contributed by atoms with Gasteiger partial charge in [0, 0.05) is 7.05 Å². The Labute approximate surface area is 105 Å². The van der Waals surface area contributed by atoms with Crippen LogP contribution in [0.5, 0.6) is 0 Å². The van der Waals surface area contributed by atoms with Gasteiger partial charge in [0.05, 0.1) is 11.9 Å². The third-order valence-corrected chi connectivity index (χ3v) is 1.98. The van der Waals surface area contributed by atoms with Crippen molar-refractivity contribution in [3.05, 3.63) is 11.9 Å². The molecule has 0 aliphatic carbocycles. The summed E-state index contributed by atoms with van der Waals surface area (Å²) in [6.07, 6.45) is 1.35. The van der Waals surface area contributed by atoms with E-state index in [1.54, 1.807) is 20.8 Å². The zero-order valence-electron chi connectivity index (χ0n) is 10.9. The smallest absolute Gasteiger partial charge is 0.356 e. The number of aryl methyl sites for hydroxylation is 1. The largest absolute Gasteiger partial charge is 0.476 e. The quantitative estimate of drug-likeness (QED) is 0.775. The number of nitrogens with one attached hydrogen (secondary N) is 1. The molecule has 0 bridgehead atoms. The van der Waals surface area contributed by atoms with E-state index in [1.807, 2.05) is 0 Å². The summed E-state index contributed by atoms with van der Waals surface area (Å²) >= 11 is 0. The molecule has 0 saturated carbocycles. The zero-order chi connectivity index (χ0) is 13.9. The average molecular weight is 255 g/mol. The van der Waals surface area contributed by atoms with Crippen molar-refractivity contribution in [2.24, 2.45) is 7.05 Å². The van der Waals surface area contributed by atoms with Gasteiger partial charge in [-0.15, -0.1) is 0 Å². The van der Waals surface area contributed by atoms with Crippen molar-refractivity contribution < 1.29 is 19.4 Å². The number of carboxylic acids is 1. The Morgan fingerprint density at radius 3 is 2.61 bits per heavy atom. The Bertz CT molecular complexity index is 459. The highest BCUT2D eigenvalue weighted by molar-refractivity contribution is 5.92. The van der Waals surface area contributed by atoms with Crippen LogP contribution in [0.1, 0.15) is 31.3 Å². The van der Waals surface area contributed by atoms with E-state index in [2.05, 4.69) is 10.4 Å². The number of aromatic carboxylic acids is 1. The zero-order valence-corrected chi connectivity index (χ0v) is 10.9. The lowest BCUT2D eigenvalue weighted by atomic mass is 10.2. The van der Waals surface area contributed by atoms with Crippen molar-refractivity contribution >= 4 is 17.6 Å². The van der Waals surface area contributed by atoms with Gasteiger partial charge in [0.25, 0.3) is 0 Å². The molecule has 100 valence electrons. The molecule has 18 heavy (non-hydrogen) atoms. The number of ether oxygens (including phenoxy) is 1. The fraction of sp³-hybridized carbons (Fsp3) is 0.545. The highest BCUT2D eigenvalue weighted by Crippen LogP contribution is 2.14. The van der Waals surface area contributed by atoms with E-state index >= 15 is 0 Å². The molecule has 0 atom stereocenters. The van der Waals surface area contributed by atoms with E-state index in [9.17, 15) is 9.59 Å². The van der Waals surface area contributed by atoms with Crippen LogP contribution in [0, 0.1) is 0 Å². The molecule has 1 aromatic heterocycles. The maximum Gasteiger partial charge on any atom is 0.356 e. The molecular weight excluding hydrogens is 238 g/mol. The number of rotatable bonds is 4. The molecule has 0 unspecified atom stereocenters. The maximum absolute atomic E-state index is 11.5. The van der Waals surface area contributed by atoms with E-state index in [0.717, 1.165) is 0 Å². The molecule has 0 radical (unpaired) electrons. The molecule has 7 nitrogen and oxygen atoms in total. The Morgan fingerprint density at radius 2 is 2.11 bits per heavy atom. The van der Waals surface area contributed by atoms with Gasteiger partial charge in [-0.2, -0.15) is 5.10 Å². The molecule has 1 rings (SSSR count). The number of carbonyl (C=O) groups excluding carboxylic acids is 1. The Hall–Kier alpha value is -2.05. The molecule has 0 saturated heterocycles. The first-order valence-electron chi connectivity index (χ1n) is 5.41. The average Bonchev–Trinajstić information content (AvgIpc) is 2.54. The highest BCUT2D eigenvalue weighted by atomic mass is 16.6. The third kappa shape index (κ3) is 3.76. The normalized spacial score (nSPS) is 11.1. The second-order valence-corrected chi connectivity index (χ2v) is 4.78. The summed E-state index contributed by atoms with van der Waals surface area (Å²) in [5, 5.41) is 15.5. The molecule has 0 aromatic carbocycles. The topological polar surface area (TPSA) is 93.5 Å². The summed E-state index contributed by atoms with van der Waals surface area (Å²) in [5.74, 6) is -1.57. The van der Waals surface area contributed by atoms with E-state index < -0.39 is 17.5 Å². The molecule has 0 amide bonds. The van der Waals surface area contributed by atoms with Gasteiger partial charge in [-0.1, -0.05) is 0 Å². The predicted octanol–water partition coefficient (Wildman–Crippen LogP) is 0.872.